The van der Waals surface area contributed by atoms with Gasteiger partial charge in [-0.05, 0) is 41.2 Å². The van der Waals surface area contributed by atoms with Crippen LogP contribution in [0.25, 0.3) is 5.57 Å². The van der Waals surface area contributed by atoms with Gasteiger partial charge in [0.25, 0.3) is 0 Å². The molecule has 1 aliphatic rings. The van der Waals surface area contributed by atoms with Gasteiger partial charge in [-0.2, -0.15) is 0 Å². The Kier molecular flexibility index (Phi) is 6.30. The van der Waals surface area contributed by atoms with E-state index in [0.717, 1.165) is 16.9 Å². The van der Waals surface area contributed by atoms with Crippen molar-refractivity contribution in [2.45, 2.75) is 26.4 Å². The highest BCUT2D eigenvalue weighted by atomic mass is 35.5. The van der Waals surface area contributed by atoms with Gasteiger partial charge in [0, 0.05) is 31.4 Å². The maximum atomic E-state index is 13.4. The van der Waals surface area contributed by atoms with E-state index >= 15 is 0 Å². The van der Waals surface area contributed by atoms with Crippen LogP contribution in [0.15, 0.2) is 54.8 Å². The first-order valence-electron chi connectivity index (χ1n) is 9.19. The standard InChI is InChI=1S/C22H25ClFN3/c1-14-15(2)21(26-12-16-6-4-7-17(24)10-16)9-5-8-18(14)19-11-22(25-3)27-13-20(19)23/h4-11,13-15,21,26H,12H2,1-3H3,(H,25,27). The molecular formula is C22H25ClFN3. The van der Waals surface area contributed by atoms with Crippen molar-refractivity contribution in [1.82, 2.24) is 10.3 Å². The van der Waals surface area contributed by atoms with Gasteiger partial charge in [0.05, 0.1) is 5.02 Å². The van der Waals surface area contributed by atoms with Crippen LogP contribution in [0.5, 0.6) is 0 Å². The largest absolute Gasteiger partial charge is 0.373 e. The zero-order valence-corrected chi connectivity index (χ0v) is 16.6. The molecule has 27 heavy (non-hydrogen) atoms. The van der Waals surface area contributed by atoms with E-state index < -0.39 is 0 Å². The molecule has 0 saturated carbocycles. The number of aromatic nitrogens is 1. The summed E-state index contributed by atoms with van der Waals surface area (Å²) in [6, 6.07) is 8.89. The fourth-order valence-corrected chi connectivity index (χ4v) is 3.68. The van der Waals surface area contributed by atoms with Crippen molar-refractivity contribution in [3.05, 3.63) is 76.7 Å². The number of pyridine rings is 1. The Balaban J connectivity index is 1.77. The number of anilines is 1. The Hall–Kier alpha value is -2.17. The number of hydrogen-bond acceptors (Lipinski definition) is 3. The zero-order valence-electron chi connectivity index (χ0n) is 15.8. The molecule has 3 nitrogen and oxygen atoms in total. The second kappa shape index (κ2) is 8.68. The maximum absolute atomic E-state index is 13.4. The van der Waals surface area contributed by atoms with Crippen LogP contribution in [-0.4, -0.2) is 18.1 Å². The number of nitrogens with one attached hydrogen (secondary N) is 2. The average molecular weight is 386 g/mol. The highest BCUT2D eigenvalue weighted by Crippen LogP contribution is 2.37. The first-order chi connectivity index (χ1) is 13.0. The highest BCUT2D eigenvalue weighted by Gasteiger charge is 2.27. The Morgan fingerprint density at radius 1 is 1.22 bits per heavy atom. The lowest BCUT2D eigenvalue weighted by atomic mass is 9.82. The fraction of sp³-hybridized carbons (Fsp3) is 0.318. The summed E-state index contributed by atoms with van der Waals surface area (Å²) in [6.45, 7) is 5.07. The van der Waals surface area contributed by atoms with Gasteiger partial charge in [0.15, 0.2) is 0 Å². The zero-order chi connectivity index (χ0) is 19.4. The van der Waals surface area contributed by atoms with Crippen molar-refractivity contribution in [3.63, 3.8) is 0 Å². The van der Waals surface area contributed by atoms with Crippen molar-refractivity contribution in [3.8, 4) is 0 Å². The number of hydrogen-bond donors (Lipinski definition) is 2. The van der Waals surface area contributed by atoms with Gasteiger partial charge >= 0.3 is 0 Å². The Morgan fingerprint density at radius 2 is 2.04 bits per heavy atom. The van der Waals surface area contributed by atoms with E-state index in [4.69, 9.17) is 11.6 Å². The molecule has 3 rings (SSSR count). The first-order valence-corrected chi connectivity index (χ1v) is 9.57. The molecule has 3 unspecified atom stereocenters. The lowest BCUT2D eigenvalue weighted by Crippen LogP contribution is -2.35. The second-order valence-electron chi connectivity index (χ2n) is 6.99. The molecule has 5 heteroatoms. The summed E-state index contributed by atoms with van der Waals surface area (Å²) in [7, 11) is 1.85. The smallest absolute Gasteiger partial charge is 0.126 e. The summed E-state index contributed by atoms with van der Waals surface area (Å²) >= 11 is 6.44. The molecule has 0 spiro atoms. The second-order valence-corrected chi connectivity index (χ2v) is 7.40. The molecule has 2 aromatic rings. The minimum Gasteiger partial charge on any atom is -0.373 e. The topological polar surface area (TPSA) is 37.0 Å². The molecule has 1 aromatic carbocycles. The number of rotatable bonds is 5. The van der Waals surface area contributed by atoms with E-state index in [1.54, 1.807) is 18.3 Å². The normalized spacial score (nSPS) is 22.3. The van der Waals surface area contributed by atoms with Gasteiger partial charge in [-0.15, -0.1) is 0 Å². The van der Waals surface area contributed by atoms with Crippen LogP contribution >= 0.6 is 11.6 Å². The molecule has 2 N–H and O–H groups in total. The predicted octanol–water partition coefficient (Wildman–Crippen LogP) is 5.30. The van der Waals surface area contributed by atoms with E-state index in [0.29, 0.717) is 17.5 Å². The fourth-order valence-electron chi connectivity index (χ4n) is 3.47. The molecule has 0 fully saturated rings. The third-order valence-electron chi connectivity index (χ3n) is 5.29. The van der Waals surface area contributed by atoms with Gasteiger partial charge < -0.3 is 10.6 Å². The van der Waals surface area contributed by atoms with E-state index in [9.17, 15) is 4.39 Å². The third kappa shape index (κ3) is 4.57. The van der Waals surface area contributed by atoms with Gasteiger partial charge in [-0.1, -0.05) is 55.8 Å². The van der Waals surface area contributed by atoms with Crippen LogP contribution in [-0.2, 0) is 6.54 Å². The molecule has 1 aliphatic carbocycles. The Bertz CT molecular complexity index is 862. The van der Waals surface area contributed by atoms with Gasteiger partial charge in [-0.25, -0.2) is 9.37 Å². The number of allylic oxidation sites excluding steroid dienone is 3. The predicted molar refractivity (Wildman–Crippen MR) is 111 cm³/mol. The van der Waals surface area contributed by atoms with Crippen molar-refractivity contribution in [2.75, 3.05) is 12.4 Å². The van der Waals surface area contributed by atoms with Gasteiger partial charge in [0.1, 0.15) is 11.6 Å². The number of benzene rings is 1. The Morgan fingerprint density at radius 3 is 2.78 bits per heavy atom. The van der Waals surface area contributed by atoms with Gasteiger partial charge in [0.2, 0.25) is 0 Å². The van der Waals surface area contributed by atoms with E-state index in [-0.39, 0.29) is 17.8 Å². The van der Waals surface area contributed by atoms with Crippen LogP contribution in [0.4, 0.5) is 10.2 Å². The lowest BCUT2D eigenvalue weighted by Gasteiger charge is -2.28. The van der Waals surface area contributed by atoms with Crippen LogP contribution in [0.1, 0.15) is 25.0 Å². The SMILES string of the molecule is CNc1cc(C2=CC=CC(NCc3cccc(F)c3)C(C)C2C)c(Cl)cn1. The molecule has 142 valence electrons. The molecule has 0 saturated heterocycles. The van der Waals surface area contributed by atoms with Crippen molar-refractivity contribution >= 4 is 23.0 Å². The van der Waals surface area contributed by atoms with Crippen molar-refractivity contribution in [1.29, 1.82) is 0 Å². The molecule has 0 bridgehead atoms. The van der Waals surface area contributed by atoms with Crippen LogP contribution in [0, 0.1) is 17.7 Å². The average Bonchev–Trinajstić information content (AvgIpc) is 2.80. The quantitative estimate of drug-likeness (QED) is 0.733. The molecule has 0 radical (unpaired) electrons. The third-order valence-corrected chi connectivity index (χ3v) is 5.59. The van der Waals surface area contributed by atoms with E-state index in [2.05, 4.69) is 47.7 Å². The summed E-state index contributed by atoms with van der Waals surface area (Å²) in [5.41, 5.74) is 3.14. The molecule has 0 aliphatic heterocycles. The van der Waals surface area contributed by atoms with E-state index in [1.807, 2.05) is 19.2 Å². The summed E-state index contributed by atoms with van der Waals surface area (Å²) in [5.74, 6) is 1.22. The van der Waals surface area contributed by atoms with Crippen LogP contribution < -0.4 is 10.6 Å². The number of halogens is 2. The highest BCUT2D eigenvalue weighted by molar-refractivity contribution is 6.32. The van der Waals surface area contributed by atoms with Gasteiger partial charge in [-0.3, -0.25) is 0 Å². The van der Waals surface area contributed by atoms with Crippen molar-refractivity contribution in [2.24, 2.45) is 11.8 Å². The summed E-state index contributed by atoms with van der Waals surface area (Å²) < 4.78 is 13.4. The number of nitrogens with zero attached hydrogens (tertiary/aromatic N) is 1. The maximum Gasteiger partial charge on any atom is 0.126 e. The molecular weight excluding hydrogens is 361 g/mol. The summed E-state index contributed by atoms with van der Waals surface area (Å²) in [4.78, 5) is 4.27. The molecule has 3 atom stereocenters. The minimum absolute atomic E-state index is 0.182. The Labute approximate surface area is 165 Å². The monoisotopic (exact) mass is 385 g/mol. The van der Waals surface area contributed by atoms with E-state index in [1.165, 1.54) is 11.6 Å². The lowest BCUT2D eigenvalue weighted by molar-refractivity contribution is 0.372. The summed E-state index contributed by atoms with van der Waals surface area (Å²) in [5, 5.41) is 7.27. The first kappa shape index (κ1) is 19.6. The van der Waals surface area contributed by atoms with Crippen LogP contribution in [0.2, 0.25) is 5.02 Å². The van der Waals surface area contributed by atoms with Crippen molar-refractivity contribution < 1.29 is 4.39 Å². The molecule has 1 heterocycles. The molecule has 0 amide bonds. The minimum atomic E-state index is -0.205. The molecule has 1 aromatic heterocycles. The summed E-state index contributed by atoms with van der Waals surface area (Å²) in [6.07, 6.45) is 8.07. The van der Waals surface area contributed by atoms with Crippen LogP contribution in [0.3, 0.4) is 0 Å².